The average Bonchev–Trinajstić information content (AvgIpc) is 2.95. The van der Waals surface area contributed by atoms with Gasteiger partial charge in [0, 0.05) is 34.5 Å². The number of carbonyl (C=O) groups excluding carboxylic acids is 2. The highest BCUT2D eigenvalue weighted by atomic mass is 79.9. The number of hydrogen-bond acceptors (Lipinski definition) is 4. The van der Waals surface area contributed by atoms with Gasteiger partial charge in [-0.1, -0.05) is 59.6 Å². The van der Waals surface area contributed by atoms with Crippen molar-refractivity contribution in [1.82, 2.24) is 0 Å². The Kier molecular flexibility index (Phi) is 10.9. The number of carbonyl (C=O) groups is 2. The molecule has 0 aliphatic heterocycles. The van der Waals surface area contributed by atoms with Gasteiger partial charge in [-0.25, -0.2) is 0 Å². The zero-order valence-corrected chi connectivity index (χ0v) is 25.8. The van der Waals surface area contributed by atoms with Crippen LogP contribution in [0.1, 0.15) is 0 Å². The van der Waals surface area contributed by atoms with E-state index in [-0.39, 0.29) is 38.1 Å². The van der Waals surface area contributed by atoms with E-state index in [1.54, 1.807) is 46.2 Å². The predicted molar refractivity (Wildman–Crippen MR) is 167 cm³/mol. The third-order valence-corrected chi connectivity index (χ3v) is 7.48. The predicted octanol–water partition coefficient (Wildman–Crippen LogP) is 8.04. The van der Waals surface area contributed by atoms with Crippen molar-refractivity contribution in [2.24, 2.45) is 0 Å². The summed E-state index contributed by atoms with van der Waals surface area (Å²) in [5.74, 6) is 0.458. The van der Waals surface area contributed by atoms with Crippen LogP contribution >= 0.6 is 55.1 Å². The second-order valence-electron chi connectivity index (χ2n) is 8.49. The number of rotatable bonds is 11. The monoisotopic (exact) mass is 704 g/mol. The molecule has 4 aromatic rings. The summed E-state index contributed by atoms with van der Waals surface area (Å²) < 4.78 is 12.9. The molecular weight excluding hydrogens is 683 g/mol. The molecule has 0 saturated carbocycles. The van der Waals surface area contributed by atoms with E-state index in [0.717, 1.165) is 0 Å². The van der Waals surface area contributed by atoms with Crippen LogP contribution in [0.25, 0.3) is 0 Å². The normalized spacial score (nSPS) is 10.6. The molecule has 4 rings (SSSR count). The highest BCUT2D eigenvalue weighted by molar-refractivity contribution is 9.11. The highest BCUT2D eigenvalue weighted by Gasteiger charge is 2.22. The zero-order chi connectivity index (χ0) is 28.5. The summed E-state index contributed by atoms with van der Waals surface area (Å²) in [4.78, 5) is 30.0. The average molecular weight is 707 g/mol. The Balaban J connectivity index is 1.50. The van der Waals surface area contributed by atoms with E-state index in [1.807, 2.05) is 60.7 Å². The molecule has 0 unspecified atom stereocenters. The molecule has 0 saturated heterocycles. The molecule has 2 amide bonds. The van der Waals surface area contributed by atoms with E-state index in [9.17, 15) is 9.59 Å². The lowest BCUT2D eigenvalue weighted by Gasteiger charge is -2.28. The molecule has 0 heterocycles. The van der Waals surface area contributed by atoms with Gasteiger partial charge in [0.15, 0.2) is 13.2 Å². The lowest BCUT2D eigenvalue weighted by molar-refractivity contribution is -0.122. The van der Waals surface area contributed by atoms with Gasteiger partial charge >= 0.3 is 0 Å². The molecule has 10 heteroatoms. The minimum absolute atomic E-state index is 0.206. The van der Waals surface area contributed by atoms with Gasteiger partial charge in [-0.2, -0.15) is 0 Å². The quantitative estimate of drug-likeness (QED) is 0.159. The van der Waals surface area contributed by atoms with Crippen LogP contribution in [-0.4, -0.2) is 38.1 Å². The third-order valence-electron chi connectivity index (χ3n) is 5.78. The Hall–Kier alpha value is -3.04. The fourth-order valence-corrected chi connectivity index (χ4v) is 5.43. The molecule has 4 aromatic carbocycles. The minimum Gasteiger partial charge on any atom is -0.483 e. The smallest absolute Gasteiger partial charge is 0.264 e. The van der Waals surface area contributed by atoms with Crippen LogP contribution in [0.5, 0.6) is 11.5 Å². The van der Waals surface area contributed by atoms with E-state index in [2.05, 4.69) is 31.9 Å². The molecule has 0 radical (unpaired) electrons. The third kappa shape index (κ3) is 8.24. The van der Waals surface area contributed by atoms with Gasteiger partial charge < -0.3 is 19.3 Å². The summed E-state index contributed by atoms with van der Waals surface area (Å²) in [6.07, 6.45) is 0. The Morgan fingerprint density at radius 2 is 0.975 bits per heavy atom. The molecule has 0 aliphatic carbocycles. The van der Waals surface area contributed by atoms with Crippen LogP contribution in [0.2, 0.25) is 10.0 Å². The van der Waals surface area contributed by atoms with Crippen LogP contribution in [0.15, 0.2) is 106 Å². The molecule has 0 atom stereocenters. The van der Waals surface area contributed by atoms with Gasteiger partial charge in [-0.05, 0) is 92.5 Å². The summed E-state index contributed by atoms with van der Waals surface area (Å²) >= 11 is 18.9. The Labute approximate surface area is 259 Å². The van der Waals surface area contributed by atoms with Crippen LogP contribution in [0.3, 0.4) is 0 Å². The maximum atomic E-state index is 13.4. The number of halogens is 4. The van der Waals surface area contributed by atoms with Crippen molar-refractivity contribution in [2.75, 3.05) is 36.1 Å². The van der Waals surface area contributed by atoms with Crippen molar-refractivity contribution in [2.45, 2.75) is 0 Å². The van der Waals surface area contributed by atoms with E-state index in [1.165, 1.54) is 0 Å². The number of benzene rings is 4. The largest absolute Gasteiger partial charge is 0.483 e. The molecule has 0 N–H and O–H groups in total. The SMILES string of the molecule is O=C(COc1ccc(Cl)cc1Br)N(CCN(C(=O)COc1ccc(Cl)cc1Br)c1ccccc1)c1ccccc1. The molecule has 0 aromatic heterocycles. The second-order valence-corrected chi connectivity index (χ2v) is 11.1. The maximum absolute atomic E-state index is 13.4. The number of anilines is 2. The first-order chi connectivity index (χ1) is 19.3. The first-order valence-electron chi connectivity index (χ1n) is 12.2. The van der Waals surface area contributed by atoms with E-state index in [0.29, 0.717) is 41.9 Å². The number of ether oxygens (including phenoxy) is 2. The van der Waals surface area contributed by atoms with E-state index < -0.39 is 0 Å². The van der Waals surface area contributed by atoms with Crippen molar-refractivity contribution < 1.29 is 19.1 Å². The molecule has 40 heavy (non-hydrogen) atoms. The lowest BCUT2D eigenvalue weighted by atomic mass is 10.2. The first-order valence-corrected chi connectivity index (χ1v) is 14.5. The minimum atomic E-state index is -0.269. The molecule has 0 fully saturated rings. The fourth-order valence-electron chi connectivity index (χ4n) is 3.83. The van der Waals surface area contributed by atoms with Gasteiger partial charge in [0.2, 0.25) is 0 Å². The van der Waals surface area contributed by atoms with Crippen molar-refractivity contribution in [3.63, 3.8) is 0 Å². The number of nitrogens with zero attached hydrogens (tertiary/aromatic N) is 2. The molecule has 0 aliphatic rings. The van der Waals surface area contributed by atoms with E-state index in [4.69, 9.17) is 32.7 Å². The number of hydrogen-bond donors (Lipinski definition) is 0. The Morgan fingerprint density at radius 3 is 1.32 bits per heavy atom. The summed E-state index contributed by atoms with van der Waals surface area (Å²) in [7, 11) is 0. The topological polar surface area (TPSA) is 59.1 Å². The van der Waals surface area contributed by atoms with Gasteiger partial charge in [0.05, 0.1) is 8.95 Å². The molecule has 0 spiro atoms. The van der Waals surface area contributed by atoms with Crippen molar-refractivity contribution in [3.8, 4) is 11.5 Å². The Morgan fingerprint density at radius 1 is 0.600 bits per heavy atom. The first kappa shape index (κ1) is 29.9. The van der Waals surface area contributed by atoms with Gasteiger partial charge in [-0.15, -0.1) is 0 Å². The molecule has 0 bridgehead atoms. The van der Waals surface area contributed by atoms with Crippen LogP contribution < -0.4 is 19.3 Å². The van der Waals surface area contributed by atoms with Gasteiger partial charge in [0.25, 0.3) is 11.8 Å². The number of para-hydroxylation sites is 2. The molecule has 6 nitrogen and oxygen atoms in total. The van der Waals surface area contributed by atoms with Crippen LogP contribution in [0, 0.1) is 0 Å². The summed E-state index contributed by atoms with van der Waals surface area (Å²) in [5.41, 5.74) is 1.38. The lowest BCUT2D eigenvalue weighted by Crippen LogP contribution is -2.44. The number of amides is 2. The van der Waals surface area contributed by atoms with Gasteiger partial charge in [0.1, 0.15) is 11.5 Å². The Bertz CT molecular complexity index is 1350. The van der Waals surface area contributed by atoms with Crippen molar-refractivity contribution in [1.29, 1.82) is 0 Å². The molecule has 206 valence electrons. The maximum Gasteiger partial charge on any atom is 0.264 e. The zero-order valence-electron chi connectivity index (χ0n) is 21.1. The standard InChI is InChI=1S/C30H24Br2Cl2N2O4/c31-25-17-21(33)11-13-27(25)39-19-29(37)35(23-7-3-1-4-8-23)15-16-36(24-9-5-2-6-10-24)30(38)20-40-28-14-12-22(34)18-26(28)32/h1-14,17-18H,15-16,19-20H2. The molecular formula is C30H24Br2Cl2N2O4. The second kappa shape index (κ2) is 14.6. The van der Waals surface area contributed by atoms with Crippen LogP contribution in [0.4, 0.5) is 11.4 Å². The van der Waals surface area contributed by atoms with E-state index >= 15 is 0 Å². The summed E-state index contributed by atoms with van der Waals surface area (Å²) in [5, 5.41) is 1.10. The summed E-state index contributed by atoms with van der Waals surface area (Å²) in [6, 6.07) is 28.7. The summed E-state index contributed by atoms with van der Waals surface area (Å²) in [6.45, 7) is 0.0305. The fraction of sp³-hybridized carbons (Fsp3) is 0.133. The van der Waals surface area contributed by atoms with Gasteiger partial charge in [-0.3, -0.25) is 9.59 Å². The van der Waals surface area contributed by atoms with Crippen molar-refractivity contribution in [3.05, 3.63) is 116 Å². The highest BCUT2D eigenvalue weighted by Crippen LogP contribution is 2.29. The van der Waals surface area contributed by atoms with Crippen LogP contribution in [-0.2, 0) is 9.59 Å². The van der Waals surface area contributed by atoms with Crippen molar-refractivity contribution >= 4 is 78.3 Å².